The molecule has 6 heteroatoms. The molecule has 0 amide bonds. The van der Waals surface area contributed by atoms with Crippen LogP contribution >= 0.6 is 11.8 Å². The van der Waals surface area contributed by atoms with Gasteiger partial charge in [0.15, 0.2) is 5.16 Å². The normalized spacial score (nSPS) is 10.4. The van der Waals surface area contributed by atoms with E-state index in [9.17, 15) is 0 Å². The summed E-state index contributed by atoms with van der Waals surface area (Å²) in [6.07, 6.45) is 5.35. The Hall–Kier alpha value is -1.69. The van der Waals surface area contributed by atoms with E-state index in [1.165, 1.54) is 11.8 Å². The van der Waals surface area contributed by atoms with Crippen molar-refractivity contribution >= 4 is 17.7 Å². The molecule has 0 bridgehead atoms. The lowest BCUT2D eigenvalue weighted by Gasteiger charge is -2.04. The Kier molecular flexibility index (Phi) is 3.00. The van der Waals surface area contributed by atoms with Crippen LogP contribution in [0.4, 0.5) is 5.95 Å². The number of thioether (sulfide) groups is 1. The van der Waals surface area contributed by atoms with Gasteiger partial charge in [0.2, 0.25) is 5.95 Å². The Balaban J connectivity index is 2.49. The van der Waals surface area contributed by atoms with Gasteiger partial charge in [-0.2, -0.15) is 0 Å². The summed E-state index contributed by atoms with van der Waals surface area (Å²) in [6.45, 7) is 1.88. The van der Waals surface area contributed by atoms with Crippen molar-refractivity contribution in [2.75, 3.05) is 12.0 Å². The number of nitrogen functional groups attached to an aromatic ring is 1. The second-order valence-electron chi connectivity index (χ2n) is 3.16. The first kappa shape index (κ1) is 10.8. The SMILES string of the molecule is CSc1nccc(-c2cnc(N)nc2C)n1. The first-order valence-corrected chi connectivity index (χ1v) is 5.89. The lowest BCUT2D eigenvalue weighted by Crippen LogP contribution is -1.99. The predicted molar refractivity (Wildman–Crippen MR) is 64.0 cm³/mol. The molecule has 0 atom stereocenters. The fourth-order valence-electron chi connectivity index (χ4n) is 1.33. The van der Waals surface area contributed by atoms with Gasteiger partial charge in [-0.3, -0.25) is 0 Å². The summed E-state index contributed by atoms with van der Waals surface area (Å²) in [5.74, 6) is 0.278. The molecule has 0 aliphatic rings. The summed E-state index contributed by atoms with van der Waals surface area (Å²) in [6, 6.07) is 1.83. The van der Waals surface area contributed by atoms with Crippen molar-refractivity contribution in [1.82, 2.24) is 19.9 Å². The summed E-state index contributed by atoms with van der Waals surface area (Å²) in [5.41, 5.74) is 8.02. The van der Waals surface area contributed by atoms with Crippen molar-refractivity contribution in [2.24, 2.45) is 0 Å². The third kappa shape index (κ3) is 2.11. The van der Waals surface area contributed by atoms with Gasteiger partial charge in [-0.1, -0.05) is 11.8 Å². The fraction of sp³-hybridized carbons (Fsp3) is 0.200. The molecule has 0 aliphatic heterocycles. The predicted octanol–water partition coefficient (Wildman–Crippen LogP) is 1.55. The topological polar surface area (TPSA) is 77.6 Å². The molecule has 0 saturated carbocycles. The number of nitrogens with two attached hydrogens (primary N) is 1. The third-order valence-electron chi connectivity index (χ3n) is 2.09. The number of aromatic nitrogens is 4. The molecule has 5 nitrogen and oxygen atoms in total. The van der Waals surface area contributed by atoms with Crippen LogP contribution in [0.5, 0.6) is 0 Å². The van der Waals surface area contributed by atoms with E-state index in [0.717, 1.165) is 22.1 Å². The van der Waals surface area contributed by atoms with Gasteiger partial charge in [-0.05, 0) is 19.2 Å². The number of hydrogen-bond acceptors (Lipinski definition) is 6. The van der Waals surface area contributed by atoms with Gasteiger partial charge in [-0.15, -0.1) is 0 Å². The van der Waals surface area contributed by atoms with Gasteiger partial charge < -0.3 is 5.73 Å². The van der Waals surface area contributed by atoms with Gasteiger partial charge in [-0.25, -0.2) is 19.9 Å². The molecular formula is C10H11N5S. The number of aryl methyl sites for hydroxylation is 1. The second kappa shape index (κ2) is 4.44. The standard InChI is InChI=1S/C10H11N5S/c1-6-7(5-13-9(11)14-6)8-3-4-12-10(15-8)16-2/h3-5H,1-2H3,(H2,11,13,14). The van der Waals surface area contributed by atoms with Crippen LogP contribution in [0.3, 0.4) is 0 Å². The van der Waals surface area contributed by atoms with Crippen LogP contribution in [0.25, 0.3) is 11.3 Å². The average molecular weight is 233 g/mol. The fourth-order valence-corrected chi connectivity index (χ4v) is 1.68. The number of nitrogens with zero attached hydrogens (tertiary/aromatic N) is 4. The van der Waals surface area contributed by atoms with Crippen molar-refractivity contribution in [3.05, 3.63) is 24.2 Å². The third-order valence-corrected chi connectivity index (χ3v) is 2.65. The van der Waals surface area contributed by atoms with Crippen LogP contribution in [0.2, 0.25) is 0 Å². The highest BCUT2D eigenvalue weighted by atomic mass is 32.2. The maximum absolute atomic E-state index is 5.50. The largest absolute Gasteiger partial charge is 0.368 e. The van der Waals surface area contributed by atoms with E-state index in [-0.39, 0.29) is 5.95 Å². The van der Waals surface area contributed by atoms with Crippen LogP contribution in [0.15, 0.2) is 23.6 Å². The molecule has 0 aromatic carbocycles. The van der Waals surface area contributed by atoms with Crippen LogP contribution in [0, 0.1) is 6.92 Å². The van der Waals surface area contributed by atoms with Crippen LogP contribution in [0.1, 0.15) is 5.69 Å². The molecule has 0 unspecified atom stereocenters. The minimum atomic E-state index is 0.278. The summed E-state index contributed by atoms with van der Waals surface area (Å²) in [7, 11) is 0. The van der Waals surface area contributed by atoms with E-state index in [4.69, 9.17) is 5.73 Å². The molecule has 0 spiro atoms. The molecule has 82 valence electrons. The summed E-state index contributed by atoms with van der Waals surface area (Å²) in [5, 5.41) is 0.730. The van der Waals surface area contributed by atoms with E-state index in [0.29, 0.717) is 0 Å². The monoisotopic (exact) mass is 233 g/mol. The molecule has 2 heterocycles. The van der Waals surface area contributed by atoms with Gasteiger partial charge >= 0.3 is 0 Å². The van der Waals surface area contributed by atoms with Crippen molar-refractivity contribution in [3.8, 4) is 11.3 Å². The molecule has 2 N–H and O–H groups in total. The van der Waals surface area contributed by atoms with Crippen molar-refractivity contribution in [2.45, 2.75) is 12.1 Å². The van der Waals surface area contributed by atoms with Gasteiger partial charge in [0.1, 0.15) is 0 Å². The zero-order chi connectivity index (χ0) is 11.5. The summed E-state index contributed by atoms with van der Waals surface area (Å²) in [4.78, 5) is 16.6. The van der Waals surface area contributed by atoms with E-state index in [1.807, 2.05) is 19.2 Å². The highest BCUT2D eigenvalue weighted by molar-refractivity contribution is 7.98. The lowest BCUT2D eigenvalue weighted by atomic mass is 10.2. The zero-order valence-corrected chi connectivity index (χ0v) is 9.82. The maximum Gasteiger partial charge on any atom is 0.220 e. The Morgan fingerprint density at radius 2 is 2.06 bits per heavy atom. The maximum atomic E-state index is 5.50. The van der Waals surface area contributed by atoms with Gasteiger partial charge in [0.25, 0.3) is 0 Å². The van der Waals surface area contributed by atoms with E-state index in [2.05, 4.69) is 19.9 Å². The Morgan fingerprint density at radius 3 is 2.75 bits per heavy atom. The molecule has 2 rings (SSSR count). The second-order valence-corrected chi connectivity index (χ2v) is 3.93. The highest BCUT2D eigenvalue weighted by Crippen LogP contribution is 2.20. The van der Waals surface area contributed by atoms with Crippen LogP contribution in [-0.4, -0.2) is 26.2 Å². The lowest BCUT2D eigenvalue weighted by molar-refractivity contribution is 0.970. The number of anilines is 1. The quantitative estimate of drug-likeness (QED) is 0.626. The molecule has 0 aliphatic carbocycles. The zero-order valence-electron chi connectivity index (χ0n) is 9.01. The Morgan fingerprint density at radius 1 is 1.25 bits per heavy atom. The van der Waals surface area contributed by atoms with Crippen LogP contribution in [-0.2, 0) is 0 Å². The van der Waals surface area contributed by atoms with Crippen molar-refractivity contribution in [3.63, 3.8) is 0 Å². The average Bonchev–Trinajstić information content (AvgIpc) is 2.29. The molecule has 0 saturated heterocycles. The molecule has 0 fully saturated rings. The molecular weight excluding hydrogens is 222 g/mol. The van der Waals surface area contributed by atoms with Gasteiger partial charge in [0.05, 0.1) is 11.4 Å². The molecule has 2 aromatic heterocycles. The first-order chi connectivity index (χ1) is 7.70. The van der Waals surface area contributed by atoms with Crippen molar-refractivity contribution < 1.29 is 0 Å². The summed E-state index contributed by atoms with van der Waals surface area (Å²) < 4.78 is 0. The molecule has 16 heavy (non-hydrogen) atoms. The van der Waals surface area contributed by atoms with Crippen LogP contribution < -0.4 is 5.73 Å². The minimum Gasteiger partial charge on any atom is -0.368 e. The number of rotatable bonds is 2. The van der Waals surface area contributed by atoms with Gasteiger partial charge in [0, 0.05) is 18.0 Å². The minimum absolute atomic E-state index is 0.278. The van der Waals surface area contributed by atoms with Crippen molar-refractivity contribution in [1.29, 1.82) is 0 Å². The Labute approximate surface area is 97.6 Å². The smallest absolute Gasteiger partial charge is 0.220 e. The van der Waals surface area contributed by atoms with E-state index in [1.54, 1.807) is 12.4 Å². The summed E-state index contributed by atoms with van der Waals surface area (Å²) >= 11 is 1.50. The first-order valence-electron chi connectivity index (χ1n) is 4.67. The van der Waals surface area contributed by atoms with E-state index < -0.39 is 0 Å². The highest BCUT2D eigenvalue weighted by Gasteiger charge is 2.06. The molecule has 0 radical (unpaired) electrons. The number of hydrogen-bond donors (Lipinski definition) is 1. The van der Waals surface area contributed by atoms with E-state index >= 15 is 0 Å². The Bertz CT molecular complexity index is 514. The molecule has 2 aromatic rings.